The monoisotopic (exact) mass is 296 g/mol. The number of rotatable bonds is 5. The zero-order valence-electron chi connectivity index (χ0n) is 11.4. The first-order chi connectivity index (χ1) is 10.0. The average Bonchev–Trinajstić information content (AvgIpc) is 2.48. The number of nitrogens with zero attached hydrogens (tertiary/aromatic N) is 1. The molecule has 1 aromatic carbocycles. The van der Waals surface area contributed by atoms with E-state index < -0.39 is 11.7 Å². The first-order valence-corrected chi connectivity index (χ1v) is 6.37. The van der Waals surface area contributed by atoms with Crippen molar-refractivity contribution in [3.05, 3.63) is 48.2 Å². The number of hydrogen-bond acceptors (Lipinski definition) is 3. The molecule has 2 aromatic rings. The van der Waals surface area contributed by atoms with Crippen LogP contribution in [0.15, 0.2) is 42.6 Å². The second kappa shape index (κ2) is 6.58. The van der Waals surface area contributed by atoms with E-state index in [9.17, 15) is 13.2 Å². The molecule has 3 nitrogen and oxygen atoms in total. The molecular weight excluding hydrogens is 281 g/mol. The van der Waals surface area contributed by atoms with E-state index >= 15 is 0 Å². The van der Waals surface area contributed by atoms with E-state index in [0.29, 0.717) is 24.5 Å². The molecule has 21 heavy (non-hydrogen) atoms. The number of alkyl halides is 3. The Hall–Kier alpha value is -2.08. The van der Waals surface area contributed by atoms with Crippen molar-refractivity contribution in [2.24, 2.45) is 0 Å². The highest BCUT2D eigenvalue weighted by Gasteiger charge is 2.29. The van der Waals surface area contributed by atoms with E-state index in [1.807, 2.05) is 6.07 Å². The third-order valence-electron chi connectivity index (χ3n) is 2.92. The van der Waals surface area contributed by atoms with Crippen molar-refractivity contribution in [2.75, 3.05) is 25.6 Å². The van der Waals surface area contributed by atoms with Crippen molar-refractivity contribution in [1.82, 2.24) is 4.98 Å². The Balaban J connectivity index is 2.08. The SMILES string of the molecule is COCCNc1ccc(-c2ccc(C(F)(F)F)cc2)cn1. The zero-order valence-corrected chi connectivity index (χ0v) is 11.4. The highest BCUT2D eigenvalue weighted by Crippen LogP contribution is 2.30. The minimum Gasteiger partial charge on any atom is -0.383 e. The zero-order chi connectivity index (χ0) is 15.3. The molecule has 2 rings (SSSR count). The highest BCUT2D eigenvalue weighted by molar-refractivity contribution is 5.64. The van der Waals surface area contributed by atoms with E-state index in [1.165, 1.54) is 12.1 Å². The molecule has 0 atom stereocenters. The van der Waals surface area contributed by atoms with Crippen LogP contribution < -0.4 is 5.32 Å². The third-order valence-corrected chi connectivity index (χ3v) is 2.92. The van der Waals surface area contributed by atoms with Crippen LogP contribution in [-0.4, -0.2) is 25.2 Å². The Labute approximate surface area is 120 Å². The number of hydrogen-bond donors (Lipinski definition) is 1. The van der Waals surface area contributed by atoms with Gasteiger partial charge in [0.2, 0.25) is 0 Å². The lowest BCUT2D eigenvalue weighted by Crippen LogP contribution is -2.08. The van der Waals surface area contributed by atoms with Crippen molar-refractivity contribution in [3.8, 4) is 11.1 Å². The van der Waals surface area contributed by atoms with Crippen LogP contribution in [0.5, 0.6) is 0 Å². The van der Waals surface area contributed by atoms with Gasteiger partial charge in [-0.05, 0) is 29.8 Å². The Morgan fingerprint density at radius 2 is 1.71 bits per heavy atom. The van der Waals surface area contributed by atoms with Crippen LogP contribution in [0.3, 0.4) is 0 Å². The summed E-state index contributed by atoms with van der Waals surface area (Å²) in [6.45, 7) is 1.21. The smallest absolute Gasteiger partial charge is 0.383 e. The maximum Gasteiger partial charge on any atom is 0.416 e. The Bertz CT molecular complexity index is 565. The van der Waals surface area contributed by atoms with E-state index in [2.05, 4.69) is 10.3 Å². The van der Waals surface area contributed by atoms with Gasteiger partial charge >= 0.3 is 6.18 Å². The first kappa shape index (κ1) is 15.3. The summed E-state index contributed by atoms with van der Waals surface area (Å²) >= 11 is 0. The molecule has 0 spiro atoms. The number of methoxy groups -OCH3 is 1. The summed E-state index contributed by atoms with van der Waals surface area (Å²) in [6, 6.07) is 8.61. The maximum atomic E-state index is 12.5. The summed E-state index contributed by atoms with van der Waals surface area (Å²) in [4.78, 5) is 4.21. The molecule has 1 aromatic heterocycles. The number of aromatic nitrogens is 1. The van der Waals surface area contributed by atoms with Crippen LogP contribution in [0.2, 0.25) is 0 Å². The largest absolute Gasteiger partial charge is 0.416 e. The fourth-order valence-electron chi connectivity index (χ4n) is 1.80. The van der Waals surface area contributed by atoms with E-state index in [1.54, 1.807) is 19.4 Å². The molecule has 0 aliphatic carbocycles. The lowest BCUT2D eigenvalue weighted by molar-refractivity contribution is -0.137. The maximum absolute atomic E-state index is 12.5. The molecule has 1 heterocycles. The minimum atomic E-state index is -4.31. The predicted molar refractivity (Wildman–Crippen MR) is 75.0 cm³/mol. The van der Waals surface area contributed by atoms with Gasteiger partial charge in [0.25, 0.3) is 0 Å². The standard InChI is InChI=1S/C15H15F3N2O/c1-21-9-8-19-14-7-4-12(10-20-14)11-2-5-13(6-3-11)15(16,17)18/h2-7,10H,8-9H2,1H3,(H,19,20). The van der Waals surface area contributed by atoms with E-state index in [4.69, 9.17) is 4.74 Å². The number of nitrogens with one attached hydrogen (secondary N) is 1. The molecule has 0 aliphatic heterocycles. The van der Waals surface area contributed by atoms with Crippen LogP contribution in [0.4, 0.5) is 19.0 Å². The molecule has 0 unspecified atom stereocenters. The molecule has 1 N–H and O–H groups in total. The lowest BCUT2D eigenvalue weighted by Gasteiger charge is -2.08. The number of pyridine rings is 1. The van der Waals surface area contributed by atoms with E-state index in [0.717, 1.165) is 17.7 Å². The molecule has 0 radical (unpaired) electrons. The van der Waals surface area contributed by atoms with Gasteiger partial charge in [0.1, 0.15) is 5.82 Å². The Morgan fingerprint density at radius 1 is 1.05 bits per heavy atom. The van der Waals surface area contributed by atoms with Gasteiger partial charge in [-0.1, -0.05) is 12.1 Å². The molecule has 6 heteroatoms. The predicted octanol–water partition coefficient (Wildman–Crippen LogP) is 3.83. The highest BCUT2D eigenvalue weighted by atomic mass is 19.4. The quantitative estimate of drug-likeness (QED) is 0.852. The summed E-state index contributed by atoms with van der Waals surface area (Å²) in [6.07, 6.45) is -2.69. The molecule has 0 fully saturated rings. The van der Waals surface area contributed by atoms with Gasteiger partial charge in [0, 0.05) is 25.4 Å². The average molecular weight is 296 g/mol. The number of anilines is 1. The Kier molecular flexibility index (Phi) is 4.80. The van der Waals surface area contributed by atoms with Gasteiger partial charge in [0.05, 0.1) is 12.2 Å². The van der Waals surface area contributed by atoms with Crippen molar-refractivity contribution in [1.29, 1.82) is 0 Å². The van der Waals surface area contributed by atoms with Gasteiger partial charge in [-0.15, -0.1) is 0 Å². The fourth-order valence-corrected chi connectivity index (χ4v) is 1.80. The topological polar surface area (TPSA) is 34.1 Å². The van der Waals surface area contributed by atoms with Crippen molar-refractivity contribution >= 4 is 5.82 Å². The number of benzene rings is 1. The van der Waals surface area contributed by atoms with Crippen LogP contribution in [0, 0.1) is 0 Å². The molecule has 0 bridgehead atoms. The summed E-state index contributed by atoms with van der Waals surface area (Å²) in [7, 11) is 1.61. The fraction of sp³-hybridized carbons (Fsp3) is 0.267. The summed E-state index contributed by atoms with van der Waals surface area (Å²) < 4.78 is 42.4. The first-order valence-electron chi connectivity index (χ1n) is 6.37. The van der Waals surface area contributed by atoms with Gasteiger partial charge in [-0.25, -0.2) is 4.98 Å². The van der Waals surface area contributed by atoms with Gasteiger partial charge in [-0.2, -0.15) is 13.2 Å². The van der Waals surface area contributed by atoms with Gasteiger partial charge < -0.3 is 10.1 Å². The van der Waals surface area contributed by atoms with Crippen molar-refractivity contribution in [3.63, 3.8) is 0 Å². The van der Waals surface area contributed by atoms with Gasteiger partial charge in [0.15, 0.2) is 0 Å². The summed E-state index contributed by atoms with van der Waals surface area (Å²) in [5.74, 6) is 0.697. The molecule has 0 amide bonds. The van der Waals surface area contributed by atoms with Crippen LogP contribution in [0.25, 0.3) is 11.1 Å². The van der Waals surface area contributed by atoms with Crippen LogP contribution in [-0.2, 0) is 10.9 Å². The molecule has 0 aliphatic rings. The molecule has 0 saturated heterocycles. The van der Waals surface area contributed by atoms with Gasteiger partial charge in [-0.3, -0.25) is 0 Å². The second-order valence-corrected chi connectivity index (χ2v) is 4.43. The van der Waals surface area contributed by atoms with E-state index in [-0.39, 0.29) is 0 Å². The van der Waals surface area contributed by atoms with Crippen molar-refractivity contribution in [2.45, 2.75) is 6.18 Å². The third kappa shape index (κ3) is 4.19. The Morgan fingerprint density at radius 3 is 2.24 bits per heavy atom. The van der Waals surface area contributed by atoms with Crippen LogP contribution >= 0.6 is 0 Å². The van der Waals surface area contributed by atoms with Crippen LogP contribution in [0.1, 0.15) is 5.56 Å². The molecule has 112 valence electrons. The second-order valence-electron chi connectivity index (χ2n) is 4.43. The summed E-state index contributed by atoms with van der Waals surface area (Å²) in [5, 5.41) is 3.07. The molecular formula is C15H15F3N2O. The minimum absolute atomic E-state index is 0.572. The lowest BCUT2D eigenvalue weighted by atomic mass is 10.1. The normalized spacial score (nSPS) is 11.4. The summed E-state index contributed by atoms with van der Waals surface area (Å²) in [5.41, 5.74) is 0.803. The van der Waals surface area contributed by atoms with Crippen molar-refractivity contribution < 1.29 is 17.9 Å². The molecule has 0 saturated carbocycles. The number of ether oxygens (including phenoxy) is 1. The number of halogens is 3.